The number of nitrogens with zero attached hydrogens (tertiary/aromatic N) is 3. The Bertz CT molecular complexity index is 1640. The summed E-state index contributed by atoms with van der Waals surface area (Å²) in [4.78, 5) is 47.8. The second-order valence-corrected chi connectivity index (χ2v) is 16.8. The molecule has 9 atom stereocenters. The van der Waals surface area contributed by atoms with E-state index >= 15 is 0 Å². The lowest BCUT2D eigenvalue weighted by molar-refractivity contribution is -0.384. The van der Waals surface area contributed by atoms with Crippen molar-refractivity contribution in [1.82, 2.24) is 20.6 Å². The van der Waals surface area contributed by atoms with Crippen LogP contribution in [0.5, 0.6) is 5.75 Å². The topological polar surface area (TPSA) is 167 Å². The van der Waals surface area contributed by atoms with Crippen molar-refractivity contribution in [3.05, 3.63) is 57.6 Å². The van der Waals surface area contributed by atoms with E-state index in [1.165, 1.54) is 36.8 Å². The van der Waals surface area contributed by atoms with Gasteiger partial charge < -0.3 is 30.5 Å². The van der Waals surface area contributed by atoms with E-state index < -0.39 is 35.7 Å². The van der Waals surface area contributed by atoms with Crippen LogP contribution in [0.15, 0.2) is 36.4 Å². The molecule has 6 rings (SSSR count). The van der Waals surface area contributed by atoms with E-state index in [2.05, 4.69) is 45.3 Å². The molecule has 3 aliphatic carbocycles. The van der Waals surface area contributed by atoms with Crippen molar-refractivity contribution < 1.29 is 34.3 Å². The predicted octanol–water partition coefficient (Wildman–Crippen LogP) is 4.64. The van der Waals surface area contributed by atoms with Gasteiger partial charge in [-0.15, -0.1) is 0 Å². The maximum absolute atomic E-state index is 14.2. The first-order valence-corrected chi connectivity index (χ1v) is 18.9. The van der Waals surface area contributed by atoms with Crippen LogP contribution in [0, 0.1) is 45.1 Å². The van der Waals surface area contributed by atoms with Gasteiger partial charge in [0.1, 0.15) is 17.9 Å². The number of nitro benzene ring substituents is 1. The van der Waals surface area contributed by atoms with Gasteiger partial charge in [0.05, 0.1) is 36.9 Å². The molecule has 1 saturated heterocycles. The fourth-order valence-corrected chi connectivity index (χ4v) is 9.32. The molecule has 2 bridgehead atoms. The predicted molar refractivity (Wildman–Crippen MR) is 202 cm³/mol. The third kappa shape index (κ3) is 8.39. The summed E-state index contributed by atoms with van der Waals surface area (Å²) in [6.45, 7) is 12.8. The quantitative estimate of drug-likeness (QED) is 0.150. The fourth-order valence-electron chi connectivity index (χ4n) is 9.32. The van der Waals surface area contributed by atoms with Crippen molar-refractivity contribution in [2.24, 2.45) is 35.0 Å². The number of aliphatic hydroxyl groups is 2. The number of methoxy groups -OCH3 is 1. The Hall–Kier alpha value is -3.62. The van der Waals surface area contributed by atoms with Gasteiger partial charge in [-0.1, -0.05) is 52.8 Å². The fraction of sp³-hybridized carbons (Fsp3) is 0.650. The minimum atomic E-state index is -0.966. The van der Waals surface area contributed by atoms with Crippen LogP contribution in [-0.4, -0.2) is 102 Å². The number of fused-ring (bicyclic) bond motifs is 2. The van der Waals surface area contributed by atoms with E-state index in [1.807, 2.05) is 19.0 Å². The number of nitro groups is 1. The number of carbonyl (C=O) groups excluding carboxylic acids is 2. The van der Waals surface area contributed by atoms with Gasteiger partial charge in [0, 0.05) is 47.3 Å². The summed E-state index contributed by atoms with van der Waals surface area (Å²) in [5.41, 5.74) is 1.47. The summed E-state index contributed by atoms with van der Waals surface area (Å²) in [6, 6.07) is 8.45. The Morgan fingerprint density at radius 2 is 1.87 bits per heavy atom. The molecular weight excluding hydrogens is 678 g/mol. The number of carbonyl (C=O) groups is 2. The van der Waals surface area contributed by atoms with Gasteiger partial charge in [-0.3, -0.25) is 24.5 Å². The molecule has 0 unspecified atom stereocenters. The Kier molecular flexibility index (Phi) is 12.6. The Labute approximate surface area is 313 Å². The van der Waals surface area contributed by atoms with Crippen molar-refractivity contribution in [2.75, 3.05) is 34.4 Å². The van der Waals surface area contributed by atoms with Crippen LogP contribution in [0.1, 0.15) is 76.7 Å². The molecule has 13 heteroatoms. The highest BCUT2D eigenvalue weighted by atomic mass is 16.7. The molecule has 1 heterocycles. The van der Waals surface area contributed by atoms with Crippen LogP contribution in [0.2, 0.25) is 0 Å². The highest BCUT2D eigenvalue weighted by Gasteiger charge is 2.57. The molecule has 2 aromatic rings. The molecule has 0 aromatic heterocycles. The lowest BCUT2D eigenvalue weighted by atomic mass is 9.45. The molecule has 4 fully saturated rings. The lowest BCUT2D eigenvalue weighted by Gasteiger charge is -2.62. The van der Waals surface area contributed by atoms with E-state index in [1.54, 1.807) is 25.1 Å². The molecule has 53 heavy (non-hydrogen) atoms. The molecule has 4 N–H and O–H groups in total. The summed E-state index contributed by atoms with van der Waals surface area (Å²) in [7, 11) is 5.35. The largest absolute Gasteiger partial charge is 0.496 e. The van der Waals surface area contributed by atoms with Gasteiger partial charge in [0.25, 0.3) is 11.6 Å². The van der Waals surface area contributed by atoms with E-state index in [9.17, 15) is 29.9 Å². The summed E-state index contributed by atoms with van der Waals surface area (Å²) in [6.07, 6.45) is 1.01. The number of hydroxylamine groups is 2. The van der Waals surface area contributed by atoms with Crippen LogP contribution in [0.4, 0.5) is 5.69 Å². The van der Waals surface area contributed by atoms with Crippen molar-refractivity contribution in [2.45, 2.75) is 97.7 Å². The normalized spacial score (nSPS) is 27.6. The number of likely N-dealkylation sites (N-methyl/N-ethyl adjacent to an activating group) is 1. The molecule has 1 aliphatic heterocycles. The van der Waals surface area contributed by atoms with Crippen molar-refractivity contribution in [3.63, 3.8) is 0 Å². The van der Waals surface area contributed by atoms with E-state index in [0.717, 1.165) is 12.8 Å². The number of hydrogen-bond donors (Lipinski definition) is 4. The summed E-state index contributed by atoms with van der Waals surface area (Å²) < 4.78 is 5.91. The number of amides is 2. The minimum Gasteiger partial charge on any atom is -0.496 e. The number of hydrogen-bond acceptors (Lipinski definition) is 10. The first kappa shape index (κ1) is 40.6. The van der Waals surface area contributed by atoms with Crippen molar-refractivity contribution >= 4 is 17.5 Å². The summed E-state index contributed by atoms with van der Waals surface area (Å²) in [5.74, 6) is 0.652. The van der Waals surface area contributed by atoms with Crippen LogP contribution in [0.3, 0.4) is 0 Å². The molecule has 292 valence electrons. The highest BCUT2D eigenvalue weighted by molar-refractivity contribution is 5.97. The van der Waals surface area contributed by atoms with E-state index in [-0.39, 0.29) is 58.6 Å². The molecule has 3 saturated carbocycles. The van der Waals surface area contributed by atoms with Crippen molar-refractivity contribution in [3.8, 4) is 16.9 Å². The molecular formula is C40H59N5O8. The number of nitrogens with one attached hydrogen (secondary N) is 2. The summed E-state index contributed by atoms with van der Waals surface area (Å²) in [5, 5.41) is 41.4. The average molecular weight is 738 g/mol. The van der Waals surface area contributed by atoms with Gasteiger partial charge >= 0.3 is 0 Å². The van der Waals surface area contributed by atoms with Crippen molar-refractivity contribution in [1.29, 1.82) is 0 Å². The molecule has 0 radical (unpaired) electrons. The van der Waals surface area contributed by atoms with Crippen LogP contribution in [0.25, 0.3) is 11.1 Å². The van der Waals surface area contributed by atoms with Crippen LogP contribution >= 0.6 is 0 Å². The molecule has 0 spiro atoms. The zero-order chi connectivity index (χ0) is 38.9. The van der Waals surface area contributed by atoms with Crippen LogP contribution in [-0.2, 0) is 16.2 Å². The Balaban J connectivity index is 1.46. The molecule has 4 aliphatic rings. The minimum absolute atomic E-state index is 0.0166. The Morgan fingerprint density at radius 1 is 1.15 bits per heavy atom. The van der Waals surface area contributed by atoms with E-state index in [4.69, 9.17) is 9.57 Å². The molecule has 13 nitrogen and oxygen atoms in total. The van der Waals surface area contributed by atoms with Gasteiger partial charge in [0.2, 0.25) is 5.91 Å². The third-order valence-corrected chi connectivity index (χ3v) is 12.1. The monoisotopic (exact) mass is 737 g/mol. The second kappa shape index (κ2) is 16.4. The number of para-hydroxylation sites is 1. The SMILES string of the molecule is COc1c(CN2O[C@@H](CO)[C@@H]([C@H](C)O)[C@H]2C(=O)N[C@H]2C[C@H]3C[C@@H]([C@@H]2C)C3(C)C)cccc1-c1cc(C(=O)N[C@@H](CC(C)C)CN(C)C)ccc1[N+](=O)[O-]. The maximum Gasteiger partial charge on any atom is 0.277 e. The number of aliphatic hydroxyl groups excluding tert-OH is 2. The van der Waals surface area contributed by atoms with Gasteiger partial charge in [-0.2, -0.15) is 5.06 Å². The number of rotatable bonds is 15. The molecule has 2 aromatic carbocycles. The van der Waals surface area contributed by atoms with E-state index in [0.29, 0.717) is 41.2 Å². The van der Waals surface area contributed by atoms with Gasteiger partial charge in [-0.25, -0.2) is 0 Å². The standard InChI is InChI=1S/C40H59N5O8/c1-22(2)15-28(20-43(7)8)41-38(48)25-13-14-33(45(50)51)30(16-25)29-12-10-11-26(37(29)52-9)19-44-36(35(24(4)47)34(21-46)53-44)39(49)42-32-18-27-17-31(23(32)3)40(27,5)6/h10-14,16,22-24,27-28,31-32,34-36,46-47H,15,17-21H2,1-9H3,(H,41,48)(H,42,49)/t23-,24-,27+,28-,31-,32-,34-,35+,36-/m0/s1. The third-order valence-electron chi connectivity index (χ3n) is 12.1. The average Bonchev–Trinajstić information content (AvgIpc) is 3.46. The van der Waals surface area contributed by atoms with Gasteiger partial charge in [0.15, 0.2) is 0 Å². The smallest absolute Gasteiger partial charge is 0.277 e. The zero-order valence-corrected chi connectivity index (χ0v) is 32.7. The summed E-state index contributed by atoms with van der Waals surface area (Å²) >= 11 is 0. The second-order valence-electron chi connectivity index (χ2n) is 16.8. The zero-order valence-electron chi connectivity index (χ0n) is 32.7. The maximum atomic E-state index is 14.2. The first-order chi connectivity index (χ1) is 25.0. The van der Waals surface area contributed by atoms with Crippen LogP contribution < -0.4 is 15.4 Å². The van der Waals surface area contributed by atoms with Gasteiger partial charge in [-0.05, 0) is 81.5 Å². The first-order valence-electron chi connectivity index (χ1n) is 18.9. The lowest BCUT2D eigenvalue weighted by Crippen LogP contribution is -2.62. The number of ether oxygens (including phenoxy) is 1. The molecule has 2 amide bonds. The highest BCUT2D eigenvalue weighted by Crippen LogP contribution is 2.61. The Morgan fingerprint density at radius 3 is 2.43 bits per heavy atom. The number of benzene rings is 2.